The molecule has 1 aliphatic heterocycles. The largest absolute Gasteiger partial charge is 0.336 e. The van der Waals surface area contributed by atoms with Crippen molar-refractivity contribution in [2.24, 2.45) is 0 Å². The predicted octanol–water partition coefficient (Wildman–Crippen LogP) is 4.49. The molecule has 144 valence electrons. The van der Waals surface area contributed by atoms with Gasteiger partial charge in [-0.05, 0) is 18.4 Å². The zero-order chi connectivity index (χ0) is 19.3. The molecule has 0 saturated carbocycles. The summed E-state index contributed by atoms with van der Waals surface area (Å²) in [7, 11) is 0. The lowest BCUT2D eigenvalue weighted by atomic mass is 10.1. The number of hydrogen-bond acceptors (Lipinski definition) is 5. The Morgan fingerprint density at radius 3 is 2.50 bits per heavy atom. The minimum atomic E-state index is 0.143. The summed E-state index contributed by atoms with van der Waals surface area (Å²) >= 11 is 3.32. The Balaban J connectivity index is 1.35. The van der Waals surface area contributed by atoms with Crippen LogP contribution in [0.15, 0.2) is 64.9 Å². The van der Waals surface area contributed by atoms with Crippen LogP contribution in [0.5, 0.6) is 0 Å². The van der Waals surface area contributed by atoms with Crippen LogP contribution in [0.2, 0.25) is 0 Å². The van der Waals surface area contributed by atoms with Crippen LogP contribution in [0.4, 0.5) is 0 Å². The lowest BCUT2D eigenvalue weighted by Crippen LogP contribution is -2.48. The first-order valence-corrected chi connectivity index (χ1v) is 11.5. The van der Waals surface area contributed by atoms with Crippen molar-refractivity contribution in [3.8, 4) is 10.6 Å². The molecular formula is C22H23N3OS2. The van der Waals surface area contributed by atoms with Crippen molar-refractivity contribution in [1.29, 1.82) is 0 Å². The van der Waals surface area contributed by atoms with Gasteiger partial charge in [-0.1, -0.05) is 42.5 Å². The minimum Gasteiger partial charge on any atom is -0.336 e. The normalized spacial score (nSPS) is 15.0. The number of carbonyl (C=O) groups excluding carboxylic acids is 1. The molecule has 2 aromatic carbocycles. The molecular weight excluding hydrogens is 386 g/mol. The monoisotopic (exact) mass is 409 g/mol. The van der Waals surface area contributed by atoms with E-state index in [4.69, 9.17) is 4.98 Å². The summed E-state index contributed by atoms with van der Waals surface area (Å²) in [6.07, 6.45) is 2.02. The van der Waals surface area contributed by atoms with Gasteiger partial charge in [-0.2, -0.15) is 0 Å². The molecule has 0 unspecified atom stereocenters. The van der Waals surface area contributed by atoms with Crippen LogP contribution in [0.1, 0.15) is 16.1 Å². The molecule has 1 saturated heterocycles. The number of thiazole rings is 1. The number of benzene rings is 2. The Hall–Kier alpha value is -2.15. The van der Waals surface area contributed by atoms with Gasteiger partial charge in [-0.15, -0.1) is 23.1 Å². The second kappa shape index (κ2) is 8.90. The molecule has 0 radical (unpaired) electrons. The Morgan fingerprint density at radius 1 is 1.04 bits per heavy atom. The highest BCUT2D eigenvalue weighted by atomic mass is 32.2. The van der Waals surface area contributed by atoms with Crippen molar-refractivity contribution >= 4 is 29.0 Å². The van der Waals surface area contributed by atoms with E-state index in [1.807, 2.05) is 53.6 Å². The summed E-state index contributed by atoms with van der Waals surface area (Å²) in [5.74, 6) is 0.143. The first kappa shape index (κ1) is 19.2. The number of nitrogens with zero attached hydrogens (tertiary/aromatic N) is 3. The van der Waals surface area contributed by atoms with E-state index in [2.05, 4.69) is 22.4 Å². The third kappa shape index (κ3) is 4.29. The fourth-order valence-corrected chi connectivity index (χ4v) is 4.83. The second-order valence-corrected chi connectivity index (χ2v) is 8.48. The first-order valence-electron chi connectivity index (χ1n) is 9.39. The van der Waals surface area contributed by atoms with Gasteiger partial charge in [0.2, 0.25) is 0 Å². The molecule has 1 aliphatic rings. The molecule has 4 rings (SSSR count). The Morgan fingerprint density at radius 2 is 1.75 bits per heavy atom. The molecule has 6 heteroatoms. The van der Waals surface area contributed by atoms with Crippen LogP contribution in [-0.4, -0.2) is 53.1 Å². The number of carbonyl (C=O) groups is 1. The maximum absolute atomic E-state index is 12.9. The summed E-state index contributed by atoms with van der Waals surface area (Å²) < 4.78 is 0. The van der Waals surface area contributed by atoms with Crippen molar-refractivity contribution in [3.05, 3.63) is 71.2 Å². The summed E-state index contributed by atoms with van der Waals surface area (Å²) in [5, 5.41) is 3.22. The number of amides is 1. The van der Waals surface area contributed by atoms with E-state index in [0.717, 1.165) is 53.9 Å². The van der Waals surface area contributed by atoms with E-state index >= 15 is 0 Å². The third-order valence-electron chi connectivity index (χ3n) is 4.95. The van der Waals surface area contributed by atoms with Gasteiger partial charge >= 0.3 is 0 Å². The summed E-state index contributed by atoms with van der Waals surface area (Å²) in [5.41, 5.74) is 3.09. The predicted molar refractivity (Wildman–Crippen MR) is 117 cm³/mol. The molecule has 0 bridgehead atoms. The van der Waals surface area contributed by atoms with Gasteiger partial charge in [0.25, 0.3) is 5.91 Å². The summed E-state index contributed by atoms with van der Waals surface area (Å²) in [6, 6.07) is 18.2. The van der Waals surface area contributed by atoms with Crippen molar-refractivity contribution in [2.75, 3.05) is 32.4 Å². The molecule has 4 nitrogen and oxygen atoms in total. The maximum atomic E-state index is 12.9. The molecule has 1 fully saturated rings. The molecule has 0 atom stereocenters. The molecule has 0 N–H and O–H groups in total. The summed E-state index contributed by atoms with van der Waals surface area (Å²) in [6.45, 7) is 4.12. The Bertz CT molecular complexity index is 934. The standard InChI is InChI=1S/C22H23N3OS2/c1-27-20-10-6-5-9-19(20)22(26)25-13-11-24(12-14-25)15-18-16-28-21(23-18)17-7-3-2-4-8-17/h2-10,16H,11-15H2,1H3. The first-order chi connectivity index (χ1) is 13.7. The molecule has 0 spiro atoms. The van der Waals surface area contributed by atoms with Crippen LogP contribution in [-0.2, 0) is 6.54 Å². The number of hydrogen-bond donors (Lipinski definition) is 0. The van der Waals surface area contributed by atoms with Gasteiger partial charge in [-0.3, -0.25) is 9.69 Å². The lowest BCUT2D eigenvalue weighted by Gasteiger charge is -2.34. The molecule has 1 aromatic heterocycles. The second-order valence-electron chi connectivity index (χ2n) is 6.78. The minimum absolute atomic E-state index is 0.143. The topological polar surface area (TPSA) is 36.4 Å². The average Bonchev–Trinajstić information content (AvgIpc) is 3.23. The van der Waals surface area contributed by atoms with E-state index in [1.165, 1.54) is 5.56 Å². The quantitative estimate of drug-likeness (QED) is 0.582. The number of piperazine rings is 1. The zero-order valence-corrected chi connectivity index (χ0v) is 17.5. The third-order valence-corrected chi connectivity index (χ3v) is 6.69. The van der Waals surface area contributed by atoms with Crippen LogP contribution < -0.4 is 0 Å². The van der Waals surface area contributed by atoms with Gasteiger partial charge in [0.15, 0.2) is 0 Å². The molecule has 0 aliphatic carbocycles. The van der Waals surface area contributed by atoms with Gasteiger partial charge in [0, 0.05) is 48.6 Å². The molecule has 2 heterocycles. The van der Waals surface area contributed by atoms with E-state index < -0.39 is 0 Å². The van der Waals surface area contributed by atoms with E-state index in [1.54, 1.807) is 23.1 Å². The highest BCUT2D eigenvalue weighted by molar-refractivity contribution is 7.98. The van der Waals surface area contributed by atoms with E-state index in [9.17, 15) is 4.79 Å². The van der Waals surface area contributed by atoms with Crippen molar-refractivity contribution in [2.45, 2.75) is 11.4 Å². The Labute approximate surface area is 174 Å². The fraction of sp³-hybridized carbons (Fsp3) is 0.273. The van der Waals surface area contributed by atoms with Crippen molar-refractivity contribution in [3.63, 3.8) is 0 Å². The van der Waals surface area contributed by atoms with Crippen molar-refractivity contribution in [1.82, 2.24) is 14.8 Å². The fourth-order valence-electron chi connectivity index (χ4n) is 3.42. The van der Waals surface area contributed by atoms with Crippen LogP contribution >= 0.6 is 23.1 Å². The van der Waals surface area contributed by atoms with E-state index in [-0.39, 0.29) is 5.91 Å². The number of thioether (sulfide) groups is 1. The van der Waals surface area contributed by atoms with Gasteiger partial charge in [-0.25, -0.2) is 4.98 Å². The van der Waals surface area contributed by atoms with Crippen LogP contribution in [0.25, 0.3) is 10.6 Å². The highest BCUT2D eigenvalue weighted by Crippen LogP contribution is 2.25. The maximum Gasteiger partial charge on any atom is 0.255 e. The van der Waals surface area contributed by atoms with Gasteiger partial charge in [0.1, 0.15) is 5.01 Å². The highest BCUT2D eigenvalue weighted by Gasteiger charge is 2.24. The SMILES string of the molecule is CSc1ccccc1C(=O)N1CCN(Cc2csc(-c3ccccc3)n2)CC1. The molecule has 3 aromatic rings. The van der Waals surface area contributed by atoms with Gasteiger partial charge in [0.05, 0.1) is 11.3 Å². The van der Waals surface area contributed by atoms with E-state index in [0.29, 0.717) is 0 Å². The molecule has 28 heavy (non-hydrogen) atoms. The van der Waals surface area contributed by atoms with Gasteiger partial charge < -0.3 is 4.90 Å². The zero-order valence-electron chi connectivity index (χ0n) is 15.9. The lowest BCUT2D eigenvalue weighted by molar-refractivity contribution is 0.0624. The summed E-state index contributed by atoms with van der Waals surface area (Å²) in [4.78, 5) is 23.1. The van der Waals surface area contributed by atoms with Crippen molar-refractivity contribution < 1.29 is 4.79 Å². The smallest absolute Gasteiger partial charge is 0.255 e. The molecule has 1 amide bonds. The number of aromatic nitrogens is 1. The average molecular weight is 410 g/mol. The number of rotatable bonds is 5. The Kier molecular flexibility index (Phi) is 6.10. The van der Waals surface area contributed by atoms with Crippen LogP contribution in [0, 0.1) is 0 Å². The van der Waals surface area contributed by atoms with Crippen LogP contribution in [0.3, 0.4) is 0 Å².